The van der Waals surface area contributed by atoms with E-state index < -0.39 is 11.9 Å². The van der Waals surface area contributed by atoms with E-state index in [0.29, 0.717) is 23.1 Å². The van der Waals surface area contributed by atoms with Crippen molar-refractivity contribution < 1.29 is 13.2 Å². The van der Waals surface area contributed by atoms with Crippen molar-refractivity contribution in [3.05, 3.63) is 36.5 Å². The van der Waals surface area contributed by atoms with Crippen LogP contribution in [-0.4, -0.2) is 43.6 Å². The van der Waals surface area contributed by atoms with Crippen molar-refractivity contribution in [2.24, 2.45) is 5.92 Å². The zero-order valence-corrected chi connectivity index (χ0v) is 14.9. The van der Waals surface area contributed by atoms with Gasteiger partial charge in [-0.1, -0.05) is 0 Å². The van der Waals surface area contributed by atoms with Gasteiger partial charge in [0, 0.05) is 25.5 Å². The van der Waals surface area contributed by atoms with E-state index in [1.807, 2.05) is 0 Å². The van der Waals surface area contributed by atoms with Crippen molar-refractivity contribution in [2.75, 3.05) is 18.0 Å². The number of rotatable bonds is 4. The molecule has 0 aliphatic carbocycles. The molecule has 0 spiro atoms. The minimum Gasteiger partial charge on any atom is -0.356 e. The van der Waals surface area contributed by atoms with Crippen LogP contribution in [0.5, 0.6) is 0 Å². The second-order valence-electron chi connectivity index (χ2n) is 6.77. The lowest BCUT2D eigenvalue weighted by atomic mass is 9.95. The molecule has 0 saturated carbocycles. The lowest BCUT2D eigenvalue weighted by Crippen LogP contribution is -2.36. The summed E-state index contributed by atoms with van der Waals surface area (Å²) in [6, 6.07) is 1.79. The Bertz CT molecular complexity index is 998. The van der Waals surface area contributed by atoms with Crippen LogP contribution in [0.1, 0.15) is 25.0 Å². The minimum atomic E-state index is -4.55. The molecule has 1 aliphatic rings. The molecule has 1 fully saturated rings. The van der Waals surface area contributed by atoms with Gasteiger partial charge in [-0.3, -0.25) is 4.40 Å². The van der Waals surface area contributed by atoms with Gasteiger partial charge in [0.2, 0.25) is 0 Å². The monoisotopic (exact) mass is 389 g/mol. The molecule has 1 unspecified atom stereocenters. The second kappa shape index (κ2) is 7.17. The molecule has 1 N–H and O–H groups in total. The number of piperidine rings is 1. The van der Waals surface area contributed by atoms with Gasteiger partial charge in [0.05, 0.1) is 12.4 Å². The highest BCUT2D eigenvalue weighted by atomic mass is 19.4. The highest BCUT2D eigenvalue weighted by molar-refractivity contribution is 5.58. The fourth-order valence-corrected chi connectivity index (χ4v) is 3.48. The van der Waals surface area contributed by atoms with Crippen LogP contribution in [0, 0.1) is 11.3 Å². The highest BCUT2D eigenvalue weighted by Crippen LogP contribution is 2.29. The molecule has 146 valence electrons. The number of nitrogens with zero attached hydrogens (tertiary/aromatic N) is 6. The maximum atomic E-state index is 13.0. The van der Waals surface area contributed by atoms with Crippen LogP contribution in [0.4, 0.5) is 19.0 Å². The van der Waals surface area contributed by atoms with E-state index in [-0.39, 0.29) is 0 Å². The Balaban J connectivity index is 1.69. The predicted molar refractivity (Wildman–Crippen MR) is 97.4 cm³/mol. The third-order valence-electron chi connectivity index (χ3n) is 4.85. The van der Waals surface area contributed by atoms with Crippen LogP contribution < -0.4 is 4.90 Å². The molecule has 0 amide bonds. The summed E-state index contributed by atoms with van der Waals surface area (Å²) in [6.07, 6.45) is 4.75. The number of imidazole rings is 1. The fraction of sp³-hybridized carbons (Fsp3) is 0.389. The second-order valence-corrected chi connectivity index (χ2v) is 6.77. The predicted octanol–water partition coefficient (Wildman–Crippen LogP) is 3.46. The molecule has 10 heteroatoms. The smallest absolute Gasteiger partial charge is 0.356 e. The number of hydrogen-bond donors (Lipinski definition) is 1. The quantitative estimate of drug-likeness (QED) is 0.691. The maximum Gasteiger partial charge on any atom is 0.434 e. The number of aromatic nitrogens is 5. The Kier molecular flexibility index (Phi) is 4.70. The van der Waals surface area contributed by atoms with Crippen LogP contribution >= 0.6 is 0 Å². The van der Waals surface area contributed by atoms with Gasteiger partial charge in [0.25, 0.3) is 0 Å². The number of halogens is 3. The molecule has 3 aromatic rings. The van der Waals surface area contributed by atoms with Crippen molar-refractivity contribution >= 4 is 17.7 Å². The van der Waals surface area contributed by atoms with Gasteiger partial charge in [-0.25, -0.2) is 19.9 Å². The van der Waals surface area contributed by atoms with Crippen LogP contribution in [0.2, 0.25) is 0 Å². The summed E-state index contributed by atoms with van der Waals surface area (Å²) in [6.45, 7) is 1.64. The van der Waals surface area contributed by atoms with Crippen molar-refractivity contribution in [3.8, 4) is 11.5 Å². The van der Waals surface area contributed by atoms with Crippen LogP contribution in [0.15, 0.2) is 30.9 Å². The van der Waals surface area contributed by atoms with Crippen LogP contribution in [0.3, 0.4) is 0 Å². The van der Waals surface area contributed by atoms with E-state index in [9.17, 15) is 13.2 Å². The third-order valence-corrected chi connectivity index (χ3v) is 4.85. The van der Waals surface area contributed by atoms with Gasteiger partial charge in [0.15, 0.2) is 17.2 Å². The lowest BCUT2D eigenvalue weighted by Gasteiger charge is -2.33. The van der Waals surface area contributed by atoms with Gasteiger partial charge < -0.3 is 10.3 Å². The molecule has 28 heavy (non-hydrogen) atoms. The molecule has 3 aromatic heterocycles. The first-order valence-corrected chi connectivity index (χ1v) is 8.93. The number of alkyl halides is 3. The summed E-state index contributed by atoms with van der Waals surface area (Å²) in [5.74, 6) is 1.43. The molecular weight excluding hydrogens is 371 g/mol. The van der Waals surface area contributed by atoms with E-state index in [4.69, 9.17) is 5.41 Å². The number of fused-ring (bicyclic) bond motifs is 1. The first-order valence-electron chi connectivity index (χ1n) is 8.93. The first-order chi connectivity index (χ1) is 13.5. The molecule has 1 saturated heterocycles. The molecular formula is C18H18F3N7. The van der Waals surface area contributed by atoms with Gasteiger partial charge in [0.1, 0.15) is 11.5 Å². The van der Waals surface area contributed by atoms with E-state index >= 15 is 0 Å². The summed E-state index contributed by atoms with van der Waals surface area (Å²) in [4.78, 5) is 18.5. The van der Waals surface area contributed by atoms with Crippen LogP contribution in [0.25, 0.3) is 17.2 Å². The van der Waals surface area contributed by atoms with Gasteiger partial charge in [-0.05, 0) is 37.5 Å². The molecule has 1 atom stereocenters. The fourth-order valence-electron chi connectivity index (χ4n) is 3.48. The average Bonchev–Trinajstić information content (AvgIpc) is 3.11. The summed E-state index contributed by atoms with van der Waals surface area (Å²) in [5.41, 5.74) is -0.334. The molecule has 7 nitrogen and oxygen atoms in total. The summed E-state index contributed by atoms with van der Waals surface area (Å²) < 4.78 is 40.3. The number of hydrogen-bond acceptors (Lipinski definition) is 6. The van der Waals surface area contributed by atoms with E-state index in [2.05, 4.69) is 24.8 Å². The van der Waals surface area contributed by atoms with Crippen LogP contribution in [-0.2, 0) is 6.18 Å². The maximum absolute atomic E-state index is 13.0. The summed E-state index contributed by atoms with van der Waals surface area (Å²) in [7, 11) is 0. The third kappa shape index (κ3) is 3.54. The Hall–Kier alpha value is -3.04. The first kappa shape index (κ1) is 18.3. The molecule has 0 bridgehead atoms. The Morgan fingerprint density at radius 3 is 2.86 bits per heavy atom. The van der Waals surface area contributed by atoms with E-state index in [1.165, 1.54) is 16.8 Å². The standard InChI is InChI=1S/C18H18F3N7/c19-18(20,21)14-11-28-13(8-25-16(28)9-24-14)17-23-6-4-15(26-17)27-7-1-2-12(10-27)3-5-22/h4-6,8-9,11-12,22H,1-3,7,10H2. The molecule has 4 rings (SSSR count). The Labute approximate surface area is 158 Å². The van der Waals surface area contributed by atoms with Gasteiger partial charge in [-0.2, -0.15) is 13.2 Å². The SMILES string of the molecule is N=CCC1CCCN(c2ccnc(-c3cnc4cnc(C(F)(F)F)cn34)n2)C1. The number of nitrogens with one attached hydrogen (secondary N) is 1. The van der Waals surface area contributed by atoms with Gasteiger partial charge in [-0.15, -0.1) is 0 Å². The zero-order chi connectivity index (χ0) is 19.7. The molecule has 0 aromatic carbocycles. The van der Waals surface area contributed by atoms with Crippen molar-refractivity contribution in [2.45, 2.75) is 25.4 Å². The normalized spacial score (nSPS) is 17.8. The van der Waals surface area contributed by atoms with Crippen molar-refractivity contribution in [1.82, 2.24) is 24.3 Å². The summed E-state index contributed by atoms with van der Waals surface area (Å²) in [5, 5.41) is 7.31. The summed E-state index contributed by atoms with van der Waals surface area (Å²) >= 11 is 0. The molecule has 0 radical (unpaired) electrons. The largest absolute Gasteiger partial charge is 0.434 e. The highest BCUT2D eigenvalue weighted by Gasteiger charge is 2.33. The van der Waals surface area contributed by atoms with E-state index in [0.717, 1.165) is 50.6 Å². The van der Waals surface area contributed by atoms with Gasteiger partial charge >= 0.3 is 6.18 Å². The Morgan fingerprint density at radius 2 is 2.07 bits per heavy atom. The zero-order valence-electron chi connectivity index (χ0n) is 14.9. The Morgan fingerprint density at radius 1 is 1.21 bits per heavy atom. The van der Waals surface area contributed by atoms with E-state index in [1.54, 1.807) is 12.3 Å². The minimum absolute atomic E-state index is 0.293. The molecule has 4 heterocycles. The number of anilines is 1. The topological polar surface area (TPSA) is 83.1 Å². The average molecular weight is 389 g/mol. The van der Waals surface area contributed by atoms with Crippen molar-refractivity contribution in [1.29, 1.82) is 5.41 Å². The van der Waals surface area contributed by atoms with Crippen molar-refractivity contribution in [3.63, 3.8) is 0 Å². The molecule has 1 aliphatic heterocycles. The lowest BCUT2D eigenvalue weighted by molar-refractivity contribution is -0.141.